The van der Waals surface area contributed by atoms with Crippen molar-refractivity contribution < 1.29 is 13.2 Å². The minimum Gasteiger partial charge on any atom is -0.355 e. The molecule has 0 radical (unpaired) electrons. The van der Waals surface area contributed by atoms with Gasteiger partial charge in [0.2, 0.25) is 0 Å². The predicted molar refractivity (Wildman–Crippen MR) is 82.6 cm³/mol. The summed E-state index contributed by atoms with van der Waals surface area (Å²) in [6, 6.07) is 9.40. The van der Waals surface area contributed by atoms with Gasteiger partial charge in [0.1, 0.15) is 5.82 Å². The van der Waals surface area contributed by atoms with Gasteiger partial charge in [-0.2, -0.15) is 0 Å². The van der Waals surface area contributed by atoms with Crippen molar-refractivity contribution in [3.05, 3.63) is 35.9 Å². The molecule has 1 aliphatic rings. The minimum absolute atomic E-state index is 0.111. The number of hydrogen-bond acceptors (Lipinski definition) is 5. The Morgan fingerprint density at radius 1 is 1.14 bits per heavy atom. The Morgan fingerprint density at radius 3 is 2.76 bits per heavy atom. The van der Waals surface area contributed by atoms with Crippen molar-refractivity contribution in [2.75, 3.05) is 29.5 Å². The number of fused-ring (bicyclic) bond motifs is 1. The van der Waals surface area contributed by atoms with Gasteiger partial charge in [0, 0.05) is 18.5 Å². The smallest absolute Gasteiger partial charge is 0.153 e. The molecular weight excluding hydrogens is 288 g/mol. The van der Waals surface area contributed by atoms with Gasteiger partial charge in [-0.15, -0.1) is 0 Å². The van der Waals surface area contributed by atoms with E-state index in [1.807, 2.05) is 35.2 Å². The molecular formula is C15H16N2O3S. The number of nitrogens with zero attached hydrogens (tertiary/aromatic N) is 2. The second-order valence-electron chi connectivity index (χ2n) is 5.20. The van der Waals surface area contributed by atoms with Crippen molar-refractivity contribution in [2.24, 2.45) is 0 Å². The van der Waals surface area contributed by atoms with Crippen LogP contribution < -0.4 is 4.90 Å². The molecule has 0 saturated carbocycles. The van der Waals surface area contributed by atoms with Gasteiger partial charge in [0.25, 0.3) is 0 Å². The van der Waals surface area contributed by atoms with E-state index in [1.54, 1.807) is 0 Å². The van der Waals surface area contributed by atoms with E-state index in [0.29, 0.717) is 30.9 Å². The highest BCUT2D eigenvalue weighted by Gasteiger charge is 2.22. The highest BCUT2D eigenvalue weighted by molar-refractivity contribution is 7.91. The Balaban J connectivity index is 2.04. The van der Waals surface area contributed by atoms with Crippen molar-refractivity contribution in [3.8, 4) is 0 Å². The van der Waals surface area contributed by atoms with Crippen LogP contribution in [0.25, 0.3) is 10.9 Å². The van der Waals surface area contributed by atoms with Crippen LogP contribution in [0.15, 0.2) is 30.3 Å². The van der Waals surface area contributed by atoms with Crippen LogP contribution >= 0.6 is 0 Å². The van der Waals surface area contributed by atoms with Crippen LogP contribution in [0.4, 0.5) is 5.82 Å². The van der Waals surface area contributed by atoms with E-state index in [2.05, 4.69) is 4.98 Å². The molecule has 0 amide bonds. The topological polar surface area (TPSA) is 67.3 Å². The molecule has 2 heterocycles. The normalized spacial score (nSPS) is 18.4. The Kier molecular flexibility index (Phi) is 3.63. The Morgan fingerprint density at radius 2 is 1.95 bits per heavy atom. The zero-order valence-corrected chi connectivity index (χ0v) is 12.3. The van der Waals surface area contributed by atoms with Crippen molar-refractivity contribution in [3.63, 3.8) is 0 Å². The number of carbonyl (C=O) groups excluding carboxylic acids is 1. The molecule has 1 aliphatic heterocycles. The summed E-state index contributed by atoms with van der Waals surface area (Å²) in [6.07, 6.45) is 1.35. The quantitative estimate of drug-likeness (QED) is 0.790. The molecule has 1 saturated heterocycles. The first-order valence-corrected chi connectivity index (χ1v) is 8.71. The van der Waals surface area contributed by atoms with E-state index in [-0.39, 0.29) is 11.5 Å². The molecule has 1 aromatic heterocycles. The molecule has 5 nitrogen and oxygen atoms in total. The lowest BCUT2D eigenvalue weighted by Crippen LogP contribution is -2.28. The molecule has 1 fully saturated rings. The highest BCUT2D eigenvalue weighted by Crippen LogP contribution is 2.23. The number of para-hydroxylation sites is 1. The first kappa shape index (κ1) is 14.0. The van der Waals surface area contributed by atoms with E-state index in [4.69, 9.17) is 0 Å². The average molecular weight is 304 g/mol. The van der Waals surface area contributed by atoms with Crippen LogP contribution in [0.1, 0.15) is 16.8 Å². The number of rotatable bonds is 2. The van der Waals surface area contributed by atoms with E-state index in [9.17, 15) is 13.2 Å². The van der Waals surface area contributed by atoms with Crippen molar-refractivity contribution in [2.45, 2.75) is 6.42 Å². The number of hydrogen-bond donors (Lipinski definition) is 0. The fraction of sp³-hybridized carbons (Fsp3) is 0.333. The molecule has 0 N–H and O–H groups in total. The van der Waals surface area contributed by atoms with E-state index in [0.717, 1.165) is 17.2 Å². The zero-order chi connectivity index (χ0) is 14.9. The maximum absolute atomic E-state index is 11.7. The lowest BCUT2D eigenvalue weighted by molar-refractivity contribution is 0.112. The first-order valence-electron chi connectivity index (χ1n) is 6.89. The summed E-state index contributed by atoms with van der Waals surface area (Å²) < 4.78 is 23.4. The van der Waals surface area contributed by atoms with Gasteiger partial charge >= 0.3 is 0 Å². The fourth-order valence-electron chi connectivity index (χ4n) is 2.61. The molecule has 0 spiro atoms. The van der Waals surface area contributed by atoms with Crippen LogP contribution in [-0.4, -0.2) is 44.3 Å². The summed E-state index contributed by atoms with van der Waals surface area (Å²) in [5.74, 6) is 0.897. The Labute approximate surface area is 123 Å². The molecule has 0 aliphatic carbocycles. The largest absolute Gasteiger partial charge is 0.355 e. The second kappa shape index (κ2) is 5.44. The van der Waals surface area contributed by atoms with Gasteiger partial charge in [-0.05, 0) is 18.6 Å². The first-order chi connectivity index (χ1) is 10.1. The predicted octanol–water partition coefficient (Wildman–Crippen LogP) is 1.67. The third-order valence-electron chi connectivity index (χ3n) is 3.71. The summed E-state index contributed by atoms with van der Waals surface area (Å²) in [5, 5.41) is 0.908. The summed E-state index contributed by atoms with van der Waals surface area (Å²) >= 11 is 0. The van der Waals surface area contributed by atoms with Gasteiger partial charge in [-0.1, -0.05) is 18.2 Å². The third-order valence-corrected chi connectivity index (χ3v) is 5.43. The summed E-state index contributed by atoms with van der Waals surface area (Å²) in [7, 11) is -2.98. The molecule has 2 aromatic rings. The molecule has 0 unspecified atom stereocenters. The van der Waals surface area contributed by atoms with Crippen LogP contribution in [0.5, 0.6) is 0 Å². The number of benzene rings is 1. The third kappa shape index (κ3) is 2.90. The van der Waals surface area contributed by atoms with Crippen LogP contribution in [0.2, 0.25) is 0 Å². The maximum Gasteiger partial charge on any atom is 0.153 e. The van der Waals surface area contributed by atoms with E-state index < -0.39 is 9.84 Å². The van der Waals surface area contributed by atoms with Gasteiger partial charge < -0.3 is 4.90 Å². The van der Waals surface area contributed by atoms with Crippen LogP contribution in [0, 0.1) is 0 Å². The van der Waals surface area contributed by atoms with Crippen molar-refractivity contribution >= 4 is 32.8 Å². The number of carbonyl (C=O) groups is 1. The molecule has 6 heteroatoms. The number of pyridine rings is 1. The van der Waals surface area contributed by atoms with Gasteiger partial charge in [-0.25, -0.2) is 13.4 Å². The monoisotopic (exact) mass is 304 g/mol. The maximum atomic E-state index is 11.7. The number of aromatic nitrogens is 1. The number of aldehydes is 1. The molecule has 21 heavy (non-hydrogen) atoms. The SMILES string of the molecule is O=Cc1cc2ccccc2nc1N1CCCS(=O)(=O)CC1. The van der Waals surface area contributed by atoms with Crippen LogP contribution in [-0.2, 0) is 9.84 Å². The zero-order valence-electron chi connectivity index (χ0n) is 11.5. The van der Waals surface area contributed by atoms with Gasteiger partial charge in [0.15, 0.2) is 16.1 Å². The van der Waals surface area contributed by atoms with Crippen molar-refractivity contribution in [1.29, 1.82) is 0 Å². The average Bonchev–Trinajstić information content (AvgIpc) is 2.66. The fourth-order valence-corrected chi connectivity index (χ4v) is 3.88. The van der Waals surface area contributed by atoms with Crippen molar-refractivity contribution in [1.82, 2.24) is 4.98 Å². The Hall–Kier alpha value is -1.95. The highest BCUT2D eigenvalue weighted by atomic mass is 32.2. The Bertz CT molecular complexity index is 787. The van der Waals surface area contributed by atoms with Gasteiger partial charge in [-0.3, -0.25) is 4.79 Å². The minimum atomic E-state index is -2.98. The molecule has 0 bridgehead atoms. The standard InChI is InChI=1S/C15H16N2O3S/c18-11-13-10-12-4-1-2-5-14(12)16-15(13)17-6-3-8-21(19,20)9-7-17/h1-2,4-5,10-11H,3,6-9H2. The number of anilines is 1. The summed E-state index contributed by atoms with van der Waals surface area (Å²) in [5.41, 5.74) is 1.32. The molecule has 1 aromatic carbocycles. The van der Waals surface area contributed by atoms with E-state index >= 15 is 0 Å². The lowest BCUT2D eigenvalue weighted by Gasteiger charge is -2.22. The summed E-state index contributed by atoms with van der Waals surface area (Å²) in [4.78, 5) is 17.8. The number of sulfone groups is 1. The summed E-state index contributed by atoms with van der Waals surface area (Å²) in [6.45, 7) is 0.986. The second-order valence-corrected chi connectivity index (χ2v) is 7.51. The van der Waals surface area contributed by atoms with E-state index in [1.165, 1.54) is 0 Å². The molecule has 3 rings (SSSR count). The molecule has 0 atom stereocenters. The van der Waals surface area contributed by atoms with Gasteiger partial charge in [0.05, 0.1) is 22.6 Å². The lowest BCUT2D eigenvalue weighted by atomic mass is 10.1. The molecule has 110 valence electrons. The van der Waals surface area contributed by atoms with Crippen LogP contribution in [0.3, 0.4) is 0 Å².